The second kappa shape index (κ2) is 11.6. The first-order valence-corrected chi connectivity index (χ1v) is 13.0. The lowest BCUT2D eigenvalue weighted by molar-refractivity contribution is -0.109. The minimum Gasteiger partial charge on any atom is -0.508 e. The molecular formula is C33H37NO4. The SMILES string of the molecule is C=C1/C=C\C=C/Cc2ccccc2C1(C(C)O/C=C1/C=C(O)C=CC1)C(C)N(O)/C=C1/C=C(O)C=CC1C. The van der Waals surface area contributed by atoms with E-state index in [2.05, 4.69) is 24.8 Å². The monoisotopic (exact) mass is 511 g/mol. The molecule has 4 unspecified atom stereocenters. The lowest BCUT2D eigenvalue weighted by atomic mass is 9.64. The Morgan fingerprint density at radius 3 is 2.58 bits per heavy atom. The van der Waals surface area contributed by atoms with Crippen molar-refractivity contribution in [3.63, 3.8) is 0 Å². The van der Waals surface area contributed by atoms with Gasteiger partial charge in [0, 0.05) is 12.1 Å². The first-order chi connectivity index (χ1) is 18.2. The van der Waals surface area contributed by atoms with Crippen molar-refractivity contribution in [3.05, 3.63) is 143 Å². The number of hydrogen-bond donors (Lipinski definition) is 3. The van der Waals surface area contributed by atoms with Crippen LogP contribution < -0.4 is 0 Å². The van der Waals surface area contributed by atoms with Gasteiger partial charge in [-0.2, -0.15) is 0 Å². The van der Waals surface area contributed by atoms with Gasteiger partial charge in [0.1, 0.15) is 17.6 Å². The molecule has 0 saturated heterocycles. The summed E-state index contributed by atoms with van der Waals surface area (Å²) in [5.41, 5.74) is 3.72. The van der Waals surface area contributed by atoms with Crippen LogP contribution in [-0.4, -0.2) is 32.6 Å². The molecule has 3 aliphatic carbocycles. The lowest BCUT2D eigenvalue weighted by Gasteiger charge is -2.47. The van der Waals surface area contributed by atoms with E-state index < -0.39 is 17.6 Å². The van der Waals surface area contributed by atoms with Crippen LogP contribution in [0.2, 0.25) is 0 Å². The quantitative estimate of drug-likeness (QED) is 0.273. The molecule has 1 aromatic carbocycles. The molecule has 1 aromatic rings. The van der Waals surface area contributed by atoms with Crippen LogP contribution in [0.25, 0.3) is 0 Å². The summed E-state index contributed by atoms with van der Waals surface area (Å²) in [5, 5.41) is 32.8. The summed E-state index contributed by atoms with van der Waals surface area (Å²) in [6, 6.07) is 7.71. The topological polar surface area (TPSA) is 73.2 Å². The summed E-state index contributed by atoms with van der Waals surface area (Å²) in [4.78, 5) is 0. The van der Waals surface area contributed by atoms with Crippen molar-refractivity contribution in [2.75, 3.05) is 0 Å². The van der Waals surface area contributed by atoms with Crippen LogP contribution in [0.1, 0.15) is 38.3 Å². The number of fused-ring (bicyclic) bond motifs is 1. The normalized spacial score (nSPS) is 28.3. The van der Waals surface area contributed by atoms with E-state index in [9.17, 15) is 15.4 Å². The second-order valence-corrected chi connectivity index (χ2v) is 10.1. The zero-order chi connectivity index (χ0) is 27.3. The standard InChI is InChI=1S/C33H37NO4/c1-23-17-18-31(36)20-29(23)21-34(37)25(3)33(26(4)38-22-27-12-10-15-30(35)19-27)24(2)11-6-5-7-13-28-14-8-9-16-32(28)33/h5-11,14-23,25-26,35-37H,2,12-13H2,1,3-4H3/b7-5-,11-6-,27-22+,29-21-. The summed E-state index contributed by atoms with van der Waals surface area (Å²) in [5.74, 6) is 0.367. The predicted octanol–water partition coefficient (Wildman–Crippen LogP) is 7.45. The Bertz CT molecular complexity index is 1310. The molecule has 5 nitrogen and oxygen atoms in total. The largest absolute Gasteiger partial charge is 0.508 e. The van der Waals surface area contributed by atoms with Crippen molar-refractivity contribution < 1.29 is 20.2 Å². The van der Waals surface area contributed by atoms with Crippen LogP contribution in [0.4, 0.5) is 0 Å². The van der Waals surface area contributed by atoms with Crippen LogP contribution in [0.3, 0.4) is 0 Å². The third kappa shape index (κ3) is 5.48. The Morgan fingerprint density at radius 2 is 1.79 bits per heavy atom. The summed E-state index contributed by atoms with van der Waals surface area (Å²) < 4.78 is 6.45. The zero-order valence-corrected chi connectivity index (χ0v) is 22.3. The van der Waals surface area contributed by atoms with Crippen molar-refractivity contribution in [3.8, 4) is 0 Å². The molecule has 38 heavy (non-hydrogen) atoms. The van der Waals surface area contributed by atoms with E-state index in [1.165, 1.54) is 5.06 Å². The van der Waals surface area contributed by atoms with Crippen LogP contribution in [0, 0.1) is 5.92 Å². The fraction of sp³-hybridized carbons (Fsp3) is 0.273. The molecule has 0 aromatic heterocycles. The number of ether oxygens (including phenoxy) is 1. The van der Waals surface area contributed by atoms with E-state index in [-0.39, 0.29) is 17.4 Å². The molecule has 3 aliphatic rings. The number of rotatable bonds is 6. The molecule has 4 rings (SSSR count). The smallest absolute Gasteiger partial charge is 0.115 e. The highest BCUT2D eigenvalue weighted by molar-refractivity contribution is 5.50. The number of benzene rings is 1. The Hall–Kier alpha value is -3.96. The number of aliphatic hydroxyl groups is 2. The molecule has 0 aliphatic heterocycles. The van der Waals surface area contributed by atoms with Gasteiger partial charge in [-0.05, 0) is 78.8 Å². The molecule has 5 heteroatoms. The lowest BCUT2D eigenvalue weighted by Crippen LogP contribution is -2.54. The van der Waals surface area contributed by atoms with Crippen LogP contribution in [-0.2, 0) is 16.6 Å². The average molecular weight is 512 g/mol. The second-order valence-electron chi connectivity index (χ2n) is 10.1. The molecule has 0 radical (unpaired) electrons. The van der Waals surface area contributed by atoms with Gasteiger partial charge < -0.3 is 14.9 Å². The van der Waals surface area contributed by atoms with E-state index in [0.29, 0.717) is 6.42 Å². The number of hydroxylamine groups is 2. The van der Waals surface area contributed by atoms with Crippen molar-refractivity contribution in [2.45, 2.75) is 51.2 Å². The molecule has 3 N–H and O–H groups in total. The number of aliphatic hydroxyl groups excluding tert-OH is 2. The number of hydrogen-bond acceptors (Lipinski definition) is 5. The van der Waals surface area contributed by atoms with Gasteiger partial charge in [-0.1, -0.05) is 74.2 Å². The highest BCUT2D eigenvalue weighted by atomic mass is 16.5. The maximum absolute atomic E-state index is 11.6. The van der Waals surface area contributed by atoms with Crippen molar-refractivity contribution >= 4 is 0 Å². The van der Waals surface area contributed by atoms with Gasteiger partial charge >= 0.3 is 0 Å². The van der Waals surface area contributed by atoms with E-state index in [1.807, 2.05) is 63.3 Å². The van der Waals surface area contributed by atoms with Gasteiger partial charge in [-0.25, -0.2) is 0 Å². The van der Waals surface area contributed by atoms with Gasteiger partial charge in [0.2, 0.25) is 0 Å². The minimum atomic E-state index is -0.863. The molecule has 0 amide bonds. The van der Waals surface area contributed by atoms with Crippen molar-refractivity contribution in [2.24, 2.45) is 5.92 Å². The molecule has 198 valence electrons. The van der Waals surface area contributed by atoms with Gasteiger partial charge in [0.25, 0.3) is 0 Å². The zero-order valence-electron chi connectivity index (χ0n) is 22.3. The third-order valence-electron chi connectivity index (χ3n) is 7.65. The third-order valence-corrected chi connectivity index (χ3v) is 7.65. The van der Waals surface area contributed by atoms with Gasteiger partial charge in [-0.15, -0.1) is 0 Å². The maximum atomic E-state index is 11.6. The van der Waals surface area contributed by atoms with E-state index in [4.69, 9.17) is 4.74 Å². The van der Waals surface area contributed by atoms with E-state index in [1.54, 1.807) is 36.8 Å². The molecule has 4 atom stereocenters. The van der Waals surface area contributed by atoms with Crippen LogP contribution in [0.15, 0.2) is 132 Å². The Morgan fingerprint density at radius 1 is 1.03 bits per heavy atom. The molecule has 0 heterocycles. The highest BCUT2D eigenvalue weighted by Gasteiger charge is 2.49. The summed E-state index contributed by atoms with van der Waals surface area (Å²) in [6.45, 7) is 10.5. The van der Waals surface area contributed by atoms with Crippen LogP contribution in [0.5, 0.6) is 0 Å². The molecule has 0 fully saturated rings. The first kappa shape index (κ1) is 27.1. The summed E-state index contributed by atoms with van der Waals surface area (Å²) in [6.07, 6.45) is 22.9. The van der Waals surface area contributed by atoms with Gasteiger partial charge in [0.15, 0.2) is 0 Å². The number of nitrogens with zero attached hydrogens (tertiary/aromatic N) is 1. The maximum Gasteiger partial charge on any atom is 0.115 e. The van der Waals surface area contributed by atoms with Crippen molar-refractivity contribution in [1.82, 2.24) is 5.06 Å². The van der Waals surface area contributed by atoms with E-state index >= 15 is 0 Å². The summed E-state index contributed by atoms with van der Waals surface area (Å²) in [7, 11) is 0. The fourth-order valence-corrected chi connectivity index (χ4v) is 5.50. The minimum absolute atomic E-state index is 0.0287. The fourth-order valence-electron chi connectivity index (χ4n) is 5.50. The predicted molar refractivity (Wildman–Crippen MR) is 153 cm³/mol. The highest BCUT2D eigenvalue weighted by Crippen LogP contribution is 2.45. The van der Waals surface area contributed by atoms with E-state index in [0.717, 1.165) is 34.3 Å². The van der Waals surface area contributed by atoms with Crippen LogP contribution >= 0.6 is 0 Å². The Balaban J connectivity index is 1.84. The van der Waals surface area contributed by atoms with Gasteiger partial charge in [0.05, 0.1) is 17.7 Å². The summed E-state index contributed by atoms with van der Waals surface area (Å²) >= 11 is 0. The molecular weight excluding hydrogens is 474 g/mol. The first-order valence-electron chi connectivity index (χ1n) is 13.0. The Labute approximate surface area is 225 Å². The average Bonchev–Trinajstić information content (AvgIpc) is 2.97. The molecule has 0 spiro atoms. The number of allylic oxidation sites excluding steroid dienone is 12. The van der Waals surface area contributed by atoms with Gasteiger partial charge in [-0.3, -0.25) is 10.3 Å². The Kier molecular flexibility index (Phi) is 8.28. The van der Waals surface area contributed by atoms with Crippen molar-refractivity contribution in [1.29, 1.82) is 0 Å². The molecule has 0 saturated carbocycles. The molecule has 0 bridgehead atoms.